The van der Waals surface area contributed by atoms with E-state index >= 15 is 0 Å². The van der Waals surface area contributed by atoms with Crippen LogP contribution in [0.2, 0.25) is 5.02 Å². The third-order valence-electron chi connectivity index (χ3n) is 3.12. The first-order valence-electron chi connectivity index (χ1n) is 6.24. The number of rotatable bonds is 4. The molecular formula is C16H15ClN2O. The predicted molar refractivity (Wildman–Crippen MR) is 80.7 cm³/mol. The molecule has 0 aliphatic rings. The van der Waals surface area contributed by atoms with Crippen LogP contribution in [0.3, 0.4) is 0 Å². The summed E-state index contributed by atoms with van der Waals surface area (Å²) in [6.45, 7) is 2.01. The van der Waals surface area contributed by atoms with E-state index in [9.17, 15) is 5.11 Å². The van der Waals surface area contributed by atoms with Crippen LogP contribution in [0.5, 0.6) is 0 Å². The fourth-order valence-corrected chi connectivity index (χ4v) is 2.10. The highest BCUT2D eigenvalue weighted by Gasteiger charge is 2.22. The number of nitrogens with zero attached hydrogens (tertiary/aromatic N) is 1. The maximum Gasteiger partial charge on any atom is 0.104 e. The molecule has 0 bridgehead atoms. The Morgan fingerprint density at radius 3 is 2.60 bits per heavy atom. The van der Waals surface area contributed by atoms with Gasteiger partial charge in [-0.2, -0.15) is 5.26 Å². The molecule has 0 spiro atoms. The summed E-state index contributed by atoms with van der Waals surface area (Å²) in [7, 11) is 0. The van der Waals surface area contributed by atoms with Crippen LogP contribution < -0.4 is 5.32 Å². The van der Waals surface area contributed by atoms with Gasteiger partial charge in [-0.3, -0.25) is 0 Å². The van der Waals surface area contributed by atoms with Gasteiger partial charge in [-0.15, -0.1) is 0 Å². The first kappa shape index (κ1) is 14.4. The molecule has 2 aromatic carbocycles. The maximum absolute atomic E-state index is 10.5. The zero-order chi connectivity index (χ0) is 14.6. The van der Waals surface area contributed by atoms with E-state index in [0.717, 1.165) is 5.56 Å². The first-order valence-corrected chi connectivity index (χ1v) is 6.62. The average Bonchev–Trinajstić information content (AvgIpc) is 2.46. The molecule has 0 saturated heterocycles. The van der Waals surface area contributed by atoms with Gasteiger partial charge >= 0.3 is 0 Å². The van der Waals surface area contributed by atoms with Gasteiger partial charge in [0.1, 0.15) is 11.7 Å². The molecule has 20 heavy (non-hydrogen) atoms. The molecule has 2 N–H and O–H groups in total. The topological polar surface area (TPSA) is 56.0 Å². The van der Waals surface area contributed by atoms with Crippen LogP contribution in [0.4, 0.5) is 5.69 Å². The third kappa shape index (κ3) is 3.30. The summed E-state index contributed by atoms with van der Waals surface area (Å²) < 4.78 is 0. The summed E-state index contributed by atoms with van der Waals surface area (Å²) in [6.07, 6.45) is 0. The standard InChI is InChI=1S/C16H15ClN2O/c1-16(20,13-5-3-2-4-6-13)11-19-15-9-14(17)8-7-12(15)10-18/h2-9,19-20H,11H2,1H3. The summed E-state index contributed by atoms with van der Waals surface area (Å²) in [5, 5.41) is 23.2. The molecule has 2 aromatic rings. The van der Waals surface area contributed by atoms with Crippen LogP contribution in [-0.4, -0.2) is 11.7 Å². The summed E-state index contributed by atoms with van der Waals surface area (Å²) >= 11 is 5.93. The number of halogens is 1. The lowest BCUT2D eigenvalue weighted by molar-refractivity contribution is 0.0715. The highest BCUT2D eigenvalue weighted by atomic mass is 35.5. The molecule has 0 heterocycles. The quantitative estimate of drug-likeness (QED) is 0.904. The maximum atomic E-state index is 10.5. The minimum Gasteiger partial charge on any atom is -0.384 e. The predicted octanol–water partition coefficient (Wildman–Crippen LogP) is 3.53. The second-order valence-electron chi connectivity index (χ2n) is 4.80. The van der Waals surface area contributed by atoms with Crippen LogP contribution in [-0.2, 0) is 5.60 Å². The molecule has 0 saturated carbocycles. The van der Waals surface area contributed by atoms with E-state index in [2.05, 4.69) is 11.4 Å². The first-order chi connectivity index (χ1) is 9.53. The second-order valence-corrected chi connectivity index (χ2v) is 5.23. The normalized spacial score (nSPS) is 13.3. The van der Waals surface area contributed by atoms with Gasteiger partial charge in [0.2, 0.25) is 0 Å². The smallest absolute Gasteiger partial charge is 0.104 e. The molecule has 0 aliphatic heterocycles. The number of hydrogen-bond donors (Lipinski definition) is 2. The van der Waals surface area contributed by atoms with E-state index in [0.29, 0.717) is 16.3 Å². The Labute approximate surface area is 123 Å². The number of benzene rings is 2. The molecule has 0 radical (unpaired) electrons. The van der Waals surface area contributed by atoms with Crippen LogP contribution in [0, 0.1) is 11.3 Å². The molecule has 0 amide bonds. The summed E-state index contributed by atoms with van der Waals surface area (Å²) in [5.41, 5.74) is 0.901. The Morgan fingerprint density at radius 2 is 1.95 bits per heavy atom. The van der Waals surface area contributed by atoms with Crippen molar-refractivity contribution in [3.8, 4) is 6.07 Å². The van der Waals surface area contributed by atoms with Crippen molar-refractivity contribution in [3.05, 3.63) is 64.7 Å². The molecule has 3 nitrogen and oxygen atoms in total. The molecule has 4 heteroatoms. The molecule has 0 fully saturated rings. The fourth-order valence-electron chi connectivity index (χ4n) is 1.93. The van der Waals surface area contributed by atoms with Crippen molar-refractivity contribution in [3.63, 3.8) is 0 Å². The van der Waals surface area contributed by atoms with Crippen molar-refractivity contribution in [2.24, 2.45) is 0 Å². The second kappa shape index (κ2) is 5.96. The van der Waals surface area contributed by atoms with Gasteiger partial charge in [0, 0.05) is 11.6 Å². The van der Waals surface area contributed by atoms with E-state index in [4.69, 9.17) is 16.9 Å². The summed E-state index contributed by atoms with van der Waals surface area (Å²) in [5.74, 6) is 0. The van der Waals surface area contributed by atoms with E-state index in [-0.39, 0.29) is 6.54 Å². The fraction of sp³-hybridized carbons (Fsp3) is 0.188. The van der Waals surface area contributed by atoms with Crippen molar-refractivity contribution in [2.75, 3.05) is 11.9 Å². The Kier molecular flexibility index (Phi) is 4.29. The van der Waals surface area contributed by atoms with Crippen molar-refractivity contribution in [1.29, 1.82) is 5.26 Å². The van der Waals surface area contributed by atoms with Gasteiger partial charge < -0.3 is 10.4 Å². The molecule has 1 atom stereocenters. The molecular weight excluding hydrogens is 272 g/mol. The highest BCUT2D eigenvalue weighted by Crippen LogP contribution is 2.24. The molecule has 2 rings (SSSR count). The van der Waals surface area contributed by atoms with Gasteiger partial charge in [-0.25, -0.2) is 0 Å². The highest BCUT2D eigenvalue weighted by molar-refractivity contribution is 6.30. The molecule has 0 aromatic heterocycles. The van der Waals surface area contributed by atoms with Gasteiger partial charge in [-0.05, 0) is 30.7 Å². The summed E-state index contributed by atoms with van der Waals surface area (Å²) in [6, 6.07) is 16.5. The van der Waals surface area contributed by atoms with Gasteiger partial charge in [0.05, 0.1) is 11.3 Å². The van der Waals surface area contributed by atoms with Crippen LogP contribution in [0.25, 0.3) is 0 Å². The van der Waals surface area contributed by atoms with Gasteiger partial charge in [-0.1, -0.05) is 41.9 Å². The molecule has 102 valence electrons. The number of nitrogens with one attached hydrogen (secondary N) is 1. The minimum atomic E-state index is -1.03. The lowest BCUT2D eigenvalue weighted by Crippen LogP contribution is -2.30. The van der Waals surface area contributed by atoms with E-state index in [1.165, 1.54) is 0 Å². The van der Waals surface area contributed by atoms with E-state index in [1.54, 1.807) is 25.1 Å². The number of nitriles is 1. The molecule has 0 aliphatic carbocycles. The van der Waals surface area contributed by atoms with E-state index in [1.807, 2.05) is 30.3 Å². The monoisotopic (exact) mass is 286 g/mol. The van der Waals surface area contributed by atoms with E-state index < -0.39 is 5.60 Å². The zero-order valence-electron chi connectivity index (χ0n) is 11.1. The summed E-state index contributed by atoms with van der Waals surface area (Å²) in [4.78, 5) is 0. The van der Waals surface area contributed by atoms with Crippen molar-refractivity contribution >= 4 is 17.3 Å². The Morgan fingerprint density at radius 1 is 1.25 bits per heavy atom. The van der Waals surface area contributed by atoms with Crippen LogP contribution >= 0.6 is 11.6 Å². The SMILES string of the molecule is CC(O)(CNc1cc(Cl)ccc1C#N)c1ccccc1. The molecule has 1 unspecified atom stereocenters. The van der Waals surface area contributed by atoms with Gasteiger partial charge in [0.15, 0.2) is 0 Å². The Balaban J connectivity index is 2.17. The van der Waals surface area contributed by atoms with Crippen LogP contribution in [0.1, 0.15) is 18.1 Å². The lowest BCUT2D eigenvalue weighted by Gasteiger charge is -2.25. The number of hydrogen-bond acceptors (Lipinski definition) is 3. The zero-order valence-corrected chi connectivity index (χ0v) is 11.9. The number of anilines is 1. The van der Waals surface area contributed by atoms with Crippen molar-refractivity contribution in [1.82, 2.24) is 0 Å². The Hall–Kier alpha value is -2.02. The van der Waals surface area contributed by atoms with Crippen molar-refractivity contribution < 1.29 is 5.11 Å². The Bertz CT molecular complexity index is 633. The van der Waals surface area contributed by atoms with Crippen LogP contribution in [0.15, 0.2) is 48.5 Å². The van der Waals surface area contributed by atoms with Gasteiger partial charge in [0.25, 0.3) is 0 Å². The minimum absolute atomic E-state index is 0.284. The largest absolute Gasteiger partial charge is 0.384 e. The average molecular weight is 287 g/mol. The number of aliphatic hydroxyl groups is 1. The third-order valence-corrected chi connectivity index (χ3v) is 3.36. The van der Waals surface area contributed by atoms with Crippen molar-refractivity contribution in [2.45, 2.75) is 12.5 Å². The lowest BCUT2D eigenvalue weighted by atomic mass is 9.96.